The normalized spacial score (nSPS) is 11.9. The number of amides is 1. The van der Waals surface area contributed by atoms with Crippen molar-refractivity contribution in [3.05, 3.63) is 58.9 Å². The van der Waals surface area contributed by atoms with E-state index >= 15 is 0 Å². The number of carbonyl (C=O) groups is 2. The van der Waals surface area contributed by atoms with Gasteiger partial charge in [0, 0.05) is 0 Å². The van der Waals surface area contributed by atoms with Crippen LogP contribution < -0.4 is 11.1 Å². The maximum atomic E-state index is 14.0. The van der Waals surface area contributed by atoms with Gasteiger partial charge in [0.15, 0.2) is 5.82 Å². The third-order valence-corrected chi connectivity index (χ3v) is 3.07. The minimum atomic E-state index is -1.75. The second kappa shape index (κ2) is 6.75. The molecule has 2 aromatic rings. The van der Waals surface area contributed by atoms with E-state index in [1.165, 1.54) is 6.92 Å². The minimum Gasteiger partial charge on any atom is -0.323 e. The number of rotatable bonds is 4. The summed E-state index contributed by atoms with van der Waals surface area (Å²) in [6.45, 7) is 1.31. The zero-order chi connectivity index (χ0) is 18.0. The number of nitrogens with one attached hydrogen (secondary N) is 1. The van der Waals surface area contributed by atoms with Crippen LogP contribution in [-0.4, -0.2) is 22.7 Å². The molecule has 126 valence electrons. The molecule has 0 fully saturated rings. The number of ketones is 1. The fourth-order valence-electron chi connectivity index (χ4n) is 1.87. The van der Waals surface area contributed by atoms with Crippen LogP contribution in [0.1, 0.15) is 22.8 Å². The van der Waals surface area contributed by atoms with Crippen molar-refractivity contribution in [2.24, 2.45) is 5.73 Å². The molecular formula is C15H11F4N3O2. The Hall–Kier alpha value is -2.81. The van der Waals surface area contributed by atoms with E-state index in [0.29, 0.717) is 6.20 Å². The Kier molecular flexibility index (Phi) is 4.93. The Balaban J connectivity index is 2.62. The Morgan fingerprint density at radius 3 is 2.25 bits per heavy atom. The van der Waals surface area contributed by atoms with Crippen LogP contribution >= 0.6 is 0 Å². The molecule has 2 rings (SSSR count). The lowest BCUT2D eigenvalue weighted by Gasteiger charge is -2.13. The Morgan fingerprint density at radius 1 is 1.12 bits per heavy atom. The average Bonchev–Trinajstić information content (AvgIpc) is 2.50. The van der Waals surface area contributed by atoms with Crippen LogP contribution in [0.5, 0.6) is 0 Å². The second-order valence-electron chi connectivity index (χ2n) is 4.86. The number of anilines is 1. The summed E-state index contributed by atoms with van der Waals surface area (Å²) in [4.78, 5) is 27.0. The van der Waals surface area contributed by atoms with E-state index in [1.54, 1.807) is 0 Å². The van der Waals surface area contributed by atoms with E-state index in [1.807, 2.05) is 0 Å². The summed E-state index contributed by atoms with van der Waals surface area (Å²) in [6, 6.07) is 1.54. The summed E-state index contributed by atoms with van der Waals surface area (Å²) in [5.41, 5.74) is 2.64. The molecule has 0 bridgehead atoms. The molecule has 0 radical (unpaired) electrons. The number of nitrogens with two attached hydrogens (primary N) is 1. The van der Waals surface area contributed by atoms with Crippen molar-refractivity contribution in [2.75, 3.05) is 5.32 Å². The van der Waals surface area contributed by atoms with Crippen LogP contribution in [0.15, 0.2) is 24.4 Å². The number of aromatic nitrogens is 1. The lowest BCUT2D eigenvalue weighted by atomic mass is 10.0. The van der Waals surface area contributed by atoms with Gasteiger partial charge in [-0.25, -0.2) is 18.2 Å². The highest BCUT2D eigenvalue weighted by atomic mass is 19.2. The number of hydrogen-bond donors (Lipinski definition) is 2. The molecule has 0 spiro atoms. The highest BCUT2D eigenvalue weighted by Crippen LogP contribution is 2.26. The van der Waals surface area contributed by atoms with E-state index in [2.05, 4.69) is 10.3 Å². The second-order valence-corrected chi connectivity index (χ2v) is 4.86. The quantitative estimate of drug-likeness (QED) is 0.507. The summed E-state index contributed by atoms with van der Waals surface area (Å²) < 4.78 is 54.9. The first-order valence-electron chi connectivity index (χ1n) is 6.63. The largest absolute Gasteiger partial charge is 0.323 e. The van der Waals surface area contributed by atoms with E-state index in [0.717, 1.165) is 18.2 Å². The standard InChI is InChI=1S/C15H11F4N3O2/c1-6(20)15(24)22-9-5-21-14(19)12(18)11(9)13(23)10-7(16)3-2-4-8(10)17/h2-6H,20H2,1H3,(H,22,24)/t6-/m0/s1. The van der Waals surface area contributed by atoms with E-state index in [9.17, 15) is 27.2 Å². The topological polar surface area (TPSA) is 85.1 Å². The van der Waals surface area contributed by atoms with E-state index in [-0.39, 0.29) is 0 Å². The third kappa shape index (κ3) is 3.25. The van der Waals surface area contributed by atoms with Gasteiger partial charge in [0.1, 0.15) is 11.6 Å². The fraction of sp³-hybridized carbons (Fsp3) is 0.133. The molecule has 0 saturated carbocycles. The Labute approximate surface area is 133 Å². The molecule has 1 amide bonds. The number of pyridine rings is 1. The molecule has 1 heterocycles. The monoisotopic (exact) mass is 341 g/mol. The maximum absolute atomic E-state index is 14.0. The Morgan fingerprint density at radius 2 is 1.71 bits per heavy atom. The van der Waals surface area contributed by atoms with Gasteiger partial charge in [-0.1, -0.05) is 6.07 Å². The third-order valence-electron chi connectivity index (χ3n) is 3.07. The number of benzene rings is 1. The van der Waals surface area contributed by atoms with Crippen molar-refractivity contribution in [2.45, 2.75) is 13.0 Å². The van der Waals surface area contributed by atoms with Gasteiger partial charge in [-0.05, 0) is 19.1 Å². The van der Waals surface area contributed by atoms with Crippen molar-refractivity contribution in [3.63, 3.8) is 0 Å². The lowest BCUT2D eigenvalue weighted by Crippen LogP contribution is -2.33. The molecule has 1 aromatic carbocycles. The van der Waals surface area contributed by atoms with Gasteiger partial charge < -0.3 is 11.1 Å². The number of halogens is 4. The van der Waals surface area contributed by atoms with Crippen LogP contribution in [-0.2, 0) is 4.79 Å². The molecule has 5 nitrogen and oxygen atoms in total. The Bertz CT molecular complexity index is 804. The summed E-state index contributed by atoms with van der Waals surface area (Å²) in [5, 5.41) is 2.07. The van der Waals surface area contributed by atoms with Gasteiger partial charge in [-0.3, -0.25) is 9.59 Å². The first kappa shape index (κ1) is 17.5. The average molecular weight is 341 g/mol. The van der Waals surface area contributed by atoms with Crippen LogP contribution in [0.2, 0.25) is 0 Å². The van der Waals surface area contributed by atoms with Crippen LogP contribution in [0.4, 0.5) is 23.2 Å². The molecule has 0 aliphatic carbocycles. The maximum Gasteiger partial charge on any atom is 0.249 e. The predicted octanol–water partition coefficient (Wildman–Crippen LogP) is 2.15. The van der Waals surface area contributed by atoms with E-state index < -0.39 is 57.9 Å². The number of nitrogens with zero attached hydrogens (tertiary/aromatic N) is 1. The van der Waals surface area contributed by atoms with Gasteiger partial charge in [-0.15, -0.1) is 0 Å². The summed E-state index contributed by atoms with van der Waals surface area (Å²) in [5.74, 6) is -8.24. The van der Waals surface area contributed by atoms with Crippen molar-refractivity contribution in [1.82, 2.24) is 4.98 Å². The van der Waals surface area contributed by atoms with Crippen LogP contribution in [0, 0.1) is 23.4 Å². The van der Waals surface area contributed by atoms with Gasteiger partial charge in [0.05, 0.1) is 29.1 Å². The highest BCUT2D eigenvalue weighted by molar-refractivity contribution is 6.14. The molecule has 24 heavy (non-hydrogen) atoms. The van der Waals surface area contributed by atoms with Crippen molar-refractivity contribution < 1.29 is 27.2 Å². The van der Waals surface area contributed by atoms with Crippen LogP contribution in [0.3, 0.4) is 0 Å². The SMILES string of the molecule is C[C@H](N)C(=O)Nc1cnc(F)c(F)c1C(=O)c1c(F)cccc1F. The van der Waals surface area contributed by atoms with Crippen molar-refractivity contribution in [3.8, 4) is 0 Å². The van der Waals surface area contributed by atoms with Gasteiger partial charge >= 0.3 is 0 Å². The van der Waals surface area contributed by atoms with Crippen molar-refractivity contribution in [1.29, 1.82) is 0 Å². The zero-order valence-corrected chi connectivity index (χ0v) is 12.2. The van der Waals surface area contributed by atoms with Gasteiger partial charge in [0.2, 0.25) is 17.6 Å². The fourth-order valence-corrected chi connectivity index (χ4v) is 1.87. The molecule has 9 heteroatoms. The molecule has 0 aliphatic heterocycles. The minimum absolute atomic E-state index is 0.552. The predicted molar refractivity (Wildman–Crippen MR) is 76.2 cm³/mol. The lowest BCUT2D eigenvalue weighted by molar-refractivity contribution is -0.117. The summed E-state index contributed by atoms with van der Waals surface area (Å²) in [7, 11) is 0. The molecular weight excluding hydrogens is 330 g/mol. The molecule has 0 aliphatic rings. The first-order chi connectivity index (χ1) is 11.2. The first-order valence-corrected chi connectivity index (χ1v) is 6.63. The molecule has 1 atom stereocenters. The molecule has 0 saturated heterocycles. The smallest absolute Gasteiger partial charge is 0.249 e. The molecule has 0 unspecified atom stereocenters. The summed E-state index contributed by atoms with van der Waals surface area (Å²) in [6.07, 6.45) is 0.657. The highest BCUT2D eigenvalue weighted by Gasteiger charge is 2.28. The van der Waals surface area contributed by atoms with Gasteiger partial charge in [-0.2, -0.15) is 4.39 Å². The summed E-state index contributed by atoms with van der Waals surface area (Å²) >= 11 is 0. The van der Waals surface area contributed by atoms with E-state index in [4.69, 9.17) is 5.73 Å². The molecule has 1 aromatic heterocycles. The van der Waals surface area contributed by atoms with Crippen molar-refractivity contribution >= 4 is 17.4 Å². The number of carbonyl (C=O) groups excluding carboxylic acids is 2. The van der Waals surface area contributed by atoms with Crippen LogP contribution in [0.25, 0.3) is 0 Å². The molecule has 3 N–H and O–H groups in total. The number of hydrogen-bond acceptors (Lipinski definition) is 4. The van der Waals surface area contributed by atoms with Gasteiger partial charge in [0.25, 0.3) is 0 Å². The zero-order valence-electron chi connectivity index (χ0n) is 12.2.